The Hall–Kier alpha value is -1.13. The monoisotopic (exact) mass is 802 g/mol. The number of carbonyl (C=O) groups is 1. The van der Waals surface area contributed by atoms with Crippen LogP contribution < -0.4 is 5.32 Å². The number of rotatable bonds is 48. The molecule has 0 aliphatic heterocycles. The van der Waals surface area contributed by atoms with E-state index in [0.29, 0.717) is 6.42 Å². The van der Waals surface area contributed by atoms with Crippen molar-refractivity contribution < 1.29 is 15.0 Å². The summed E-state index contributed by atoms with van der Waals surface area (Å²) in [5.41, 5.74) is 0. The smallest absolute Gasteiger partial charge is 0.220 e. The molecule has 0 aliphatic carbocycles. The first kappa shape index (κ1) is 55.9. The molecule has 2 unspecified atom stereocenters. The fraction of sp³-hybridized carbons (Fsp3) is 0.906. The minimum absolute atomic E-state index is 0.0684. The van der Waals surface area contributed by atoms with Gasteiger partial charge in [0.25, 0.3) is 0 Å². The van der Waals surface area contributed by atoms with Crippen molar-refractivity contribution >= 4 is 5.91 Å². The molecule has 0 saturated heterocycles. The van der Waals surface area contributed by atoms with E-state index in [1.807, 2.05) is 6.08 Å². The third-order valence-corrected chi connectivity index (χ3v) is 12.2. The summed E-state index contributed by atoms with van der Waals surface area (Å²) in [4.78, 5) is 12.4. The van der Waals surface area contributed by atoms with Gasteiger partial charge in [-0.05, 0) is 32.1 Å². The zero-order chi connectivity index (χ0) is 41.4. The number of allylic oxidation sites excluding steroid dienone is 3. The van der Waals surface area contributed by atoms with Gasteiger partial charge in [-0.2, -0.15) is 0 Å². The second-order valence-corrected chi connectivity index (χ2v) is 17.9. The summed E-state index contributed by atoms with van der Waals surface area (Å²) in [5.74, 6) is -0.0684. The average Bonchev–Trinajstić information content (AvgIpc) is 3.22. The second kappa shape index (κ2) is 49.2. The van der Waals surface area contributed by atoms with Gasteiger partial charge in [-0.3, -0.25) is 4.79 Å². The zero-order valence-electron chi connectivity index (χ0n) is 38.9. The van der Waals surface area contributed by atoms with Crippen molar-refractivity contribution in [2.24, 2.45) is 0 Å². The maximum Gasteiger partial charge on any atom is 0.220 e. The van der Waals surface area contributed by atoms with E-state index in [-0.39, 0.29) is 12.5 Å². The highest BCUT2D eigenvalue weighted by molar-refractivity contribution is 5.76. The van der Waals surface area contributed by atoms with Crippen LogP contribution in [0.15, 0.2) is 24.3 Å². The molecular formula is C53H103NO3. The predicted molar refractivity (Wildman–Crippen MR) is 253 cm³/mol. The lowest BCUT2D eigenvalue weighted by molar-refractivity contribution is -0.123. The van der Waals surface area contributed by atoms with E-state index >= 15 is 0 Å². The Kier molecular flexibility index (Phi) is 48.3. The molecule has 0 aromatic rings. The van der Waals surface area contributed by atoms with Crippen molar-refractivity contribution in [3.8, 4) is 0 Å². The van der Waals surface area contributed by atoms with Crippen LogP contribution in [0.1, 0.15) is 290 Å². The van der Waals surface area contributed by atoms with Crippen LogP contribution in [0.3, 0.4) is 0 Å². The maximum absolute atomic E-state index is 12.4. The number of aliphatic hydroxyl groups is 2. The summed E-state index contributed by atoms with van der Waals surface area (Å²) >= 11 is 0. The molecule has 0 radical (unpaired) electrons. The quantitative estimate of drug-likeness (QED) is 0.0424. The first-order valence-corrected chi connectivity index (χ1v) is 26.1. The third-order valence-electron chi connectivity index (χ3n) is 12.2. The summed E-state index contributed by atoms with van der Waals surface area (Å²) < 4.78 is 0. The number of amides is 1. The lowest BCUT2D eigenvalue weighted by atomic mass is 10.0. The van der Waals surface area contributed by atoms with Gasteiger partial charge >= 0.3 is 0 Å². The minimum Gasteiger partial charge on any atom is -0.394 e. The first-order chi connectivity index (χ1) is 28.2. The van der Waals surface area contributed by atoms with Gasteiger partial charge < -0.3 is 15.5 Å². The highest BCUT2D eigenvalue weighted by Crippen LogP contribution is 2.17. The average molecular weight is 802 g/mol. The van der Waals surface area contributed by atoms with Crippen LogP contribution in [0.2, 0.25) is 0 Å². The lowest BCUT2D eigenvalue weighted by Crippen LogP contribution is -2.45. The lowest BCUT2D eigenvalue weighted by Gasteiger charge is -2.19. The summed E-state index contributed by atoms with van der Waals surface area (Å²) in [7, 11) is 0. The van der Waals surface area contributed by atoms with Gasteiger partial charge in [0.05, 0.1) is 18.8 Å². The number of nitrogens with one attached hydrogen (secondary N) is 1. The molecule has 0 rings (SSSR count). The molecule has 1 amide bonds. The summed E-state index contributed by atoms with van der Waals surface area (Å²) in [5, 5.41) is 23.1. The number of hydrogen-bond acceptors (Lipinski definition) is 3. The van der Waals surface area contributed by atoms with Crippen LogP contribution in [-0.4, -0.2) is 34.9 Å². The summed E-state index contributed by atoms with van der Waals surface area (Å²) in [6, 6.07) is -0.635. The fourth-order valence-electron chi connectivity index (χ4n) is 8.20. The van der Waals surface area contributed by atoms with Gasteiger partial charge in [-0.15, -0.1) is 0 Å². The molecule has 3 N–H and O–H groups in total. The first-order valence-electron chi connectivity index (χ1n) is 26.1. The van der Waals surface area contributed by atoms with Gasteiger partial charge in [0, 0.05) is 6.42 Å². The van der Waals surface area contributed by atoms with Gasteiger partial charge in [-0.25, -0.2) is 0 Å². The number of carbonyl (C=O) groups excluding carboxylic acids is 1. The molecule has 4 heteroatoms. The minimum atomic E-state index is -0.859. The van der Waals surface area contributed by atoms with Gasteiger partial charge in [0.1, 0.15) is 0 Å². The highest BCUT2D eigenvalue weighted by atomic mass is 16.3. The molecule has 0 bridgehead atoms. The maximum atomic E-state index is 12.4. The van der Waals surface area contributed by atoms with Gasteiger partial charge in [0.2, 0.25) is 5.91 Å². The van der Waals surface area contributed by atoms with Crippen molar-refractivity contribution in [2.45, 2.75) is 302 Å². The molecule has 0 aliphatic rings. The van der Waals surface area contributed by atoms with E-state index in [1.54, 1.807) is 6.08 Å². The number of aliphatic hydroxyl groups excluding tert-OH is 2. The van der Waals surface area contributed by atoms with E-state index in [1.165, 1.54) is 238 Å². The van der Waals surface area contributed by atoms with Gasteiger partial charge in [0.15, 0.2) is 0 Å². The molecule has 4 nitrogen and oxygen atoms in total. The standard InChI is InChI=1S/C53H103NO3/c1-3-5-7-9-11-13-15-17-19-21-23-24-25-26-27-28-29-30-31-32-34-36-38-40-42-44-46-48-52(56)51(50-55)54-53(57)49-47-45-43-41-39-37-35-33-22-20-18-16-14-12-10-8-6-4-2/h38,40,46,48,51-52,55-56H,3-37,39,41-45,47,49-50H2,1-2H3,(H,54,57)/b40-38+,48-46+. The fourth-order valence-corrected chi connectivity index (χ4v) is 8.20. The van der Waals surface area contributed by atoms with Crippen molar-refractivity contribution in [2.75, 3.05) is 6.61 Å². The van der Waals surface area contributed by atoms with Crippen LogP contribution in [0, 0.1) is 0 Å². The molecule has 0 fully saturated rings. The molecule has 0 aromatic carbocycles. The Balaban J connectivity index is 3.51. The number of hydrogen-bond donors (Lipinski definition) is 3. The zero-order valence-corrected chi connectivity index (χ0v) is 38.9. The molecular weight excluding hydrogens is 699 g/mol. The Morgan fingerprint density at radius 3 is 1.02 bits per heavy atom. The van der Waals surface area contributed by atoms with Crippen LogP contribution in [-0.2, 0) is 4.79 Å². The van der Waals surface area contributed by atoms with Crippen molar-refractivity contribution in [3.63, 3.8) is 0 Å². The highest BCUT2D eigenvalue weighted by Gasteiger charge is 2.17. The molecule has 0 saturated carbocycles. The largest absolute Gasteiger partial charge is 0.394 e. The molecule has 0 heterocycles. The second-order valence-electron chi connectivity index (χ2n) is 17.9. The summed E-state index contributed by atoms with van der Waals surface area (Å²) in [6.45, 7) is 4.33. The normalized spacial score (nSPS) is 13.0. The Morgan fingerprint density at radius 1 is 0.404 bits per heavy atom. The molecule has 0 spiro atoms. The van der Waals surface area contributed by atoms with E-state index in [2.05, 4.69) is 31.3 Å². The molecule has 57 heavy (non-hydrogen) atoms. The SMILES string of the molecule is CCCCCCCCCCCCCCCCCCCCCCC/C=C/CC/C=C/C(O)C(CO)NC(=O)CCCCCCCCCCCCCCCCCCCC. The van der Waals surface area contributed by atoms with Gasteiger partial charge in [-0.1, -0.05) is 276 Å². The van der Waals surface area contributed by atoms with Crippen LogP contribution in [0.4, 0.5) is 0 Å². The predicted octanol–water partition coefficient (Wildman–Crippen LogP) is 16.8. The third kappa shape index (κ3) is 45.8. The van der Waals surface area contributed by atoms with Crippen molar-refractivity contribution in [1.29, 1.82) is 0 Å². The Morgan fingerprint density at radius 2 is 0.684 bits per heavy atom. The van der Waals surface area contributed by atoms with Crippen LogP contribution >= 0.6 is 0 Å². The van der Waals surface area contributed by atoms with E-state index in [9.17, 15) is 15.0 Å². The van der Waals surface area contributed by atoms with Crippen molar-refractivity contribution in [3.05, 3.63) is 24.3 Å². The van der Waals surface area contributed by atoms with E-state index < -0.39 is 12.1 Å². The Bertz CT molecular complexity index is 825. The van der Waals surface area contributed by atoms with E-state index in [4.69, 9.17) is 0 Å². The Labute approximate surface area is 358 Å². The van der Waals surface area contributed by atoms with E-state index in [0.717, 1.165) is 32.1 Å². The van der Waals surface area contributed by atoms with Crippen molar-refractivity contribution in [1.82, 2.24) is 5.32 Å². The van der Waals surface area contributed by atoms with Crippen LogP contribution in [0.5, 0.6) is 0 Å². The summed E-state index contributed by atoms with van der Waals surface area (Å²) in [6.07, 6.45) is 64.7. The molecule has 338 valence electrons. The topological polar surface area (TPSA) is 69.6 Å². The number of unbranched alkanes of at least 4 members (excludes halogenated alkanes) is 39. The van der Waals surface area contributed by atoms with Crippen LogP contribution in [0.25, 0.3) is 0 Å². The molecule has 2 atom stereocenters. The molecule has 0 aromatic heterocycles.